The minimum Gasteiger partial charge on any atom is -0.493 e. The molecule has 0 radical (unpaired) electrons. The maximum Gasteiger partial charge on any atom is 0.325 e. The van der Waals surface area contributed by atoms with Crippen molar-refractivity contribution in [2.75, 3.05) is 18.5 Å². The fourth-order valence-corrected chi connectivity index (χ4v) is 4.98. The van der Waals surface area contributed by atoms with Gasteiger partial charge in [0, 0.05) is 17.5 Å². The molecule has 1 atom stereocenters. The largest absolute Gasteiger partial charge is 0.493 e. The molecule has 1 saturated heterocycles. The summed E-state index contributed by atoms with van der Waals surface area (Å²) in [4.78, 5) is 39.6. The summed E-state index contributed by atoms with van der Waals surface area (Å²) in [6, 6.07) is 14.5. The molecule has 9 nitrogen and oxygen atoms in total. The first-order valence-electron chi connectivity index (χ1n) is 11.0. The molecular formula is C24H23N5O4S. The van der Waals surface area contributed by atoms with Crippen LogP contribution in [0, 0.1) is 0 Å². The number of rotatable bonds is 5. The Labute approximate surface area is 200 Å². The lowest BCUT2D eigenvalue weighted by atomic mass is 9.84. The maximum absolute atomic E-state index is 13.3. The molecule has 0 bridgehead atoms. The van der Waals surface area contributed by atoms with Gasteiger partial charge in [-0.25, -0.2) is 4.79 Å². The van der Waals surface area contributed by atoms with E-state index in [4.69, 9.17) is 4.74 Å². The molecule has 0 unspecified atom stereocenters. The van der Waals surface area contributed by atoms with Gasteiger partial charge in [-0.15, -0.1) is 10.2 Å². The summed E-state index contributed by atoms with van der Waals surface area (Å²) in [5.41, 5.74) is 1.50. The summed E-state index contributed by atoms with van der Waals surface area (Å²) < 4.78 is 5.63. The average Bonchev–Trinajstić information content (AvgIpc) is 3.38. The number of amides is 4. The molecule has 0 aliphatic carbocycles. The van der Waals surface area contributed by atoms with Gasteiger partial charge in [0.1, 0.15) is 17.3 Å². The number of benzene rings is 2. The van der Waals surface area contributed by atoms with Crippen LogP contribution in [0.15, 0.2) is 48.5 Å². The Hall–Kier alpha value is -3.79. The number of anilines is 1. The Bertz CT molecular complexity index is 1270. The van der Waals surface area contributed by atoms with Gasteiger partial charge >= 0.3 is 6.03 Å². The molecule has 2 aliphatic heterocycles. The summed E-state index contributed by atoms with van der Waals surface area (Å²) in [5.74, 6) is -0.0144. The molecule has 0 saturated carbocycles. The first-order chi connectivity index (χ1) is 16.4. The number of nitrogens with zero attached hydrogens (tertiary/aromatic N) is 3. The zero-order valence-corrected chi connectivity index (χ0v) is 19.5. The third-order valence-corrected chi connectivity index (χ3v) is 6.94. The van der Waals surface area contributed by atoms with E-state index in [1.165, 1.54) is 16.9 Å². The highest BCUT2D eigenvalue weighted by Gasteiger charge is 2.55. The van der Waals surface area contributed by atoms with Gasteiger partial charge in [-0.3, -0.25) is 19.8 Å². The molecule has 174 valence electrons. The fraction of sp³-hybridized carbons (Fsp3) is 0.292. The Kier molecular flexibility index (Phi) is 5.52. The van der Waals surface area contributed by atoms with E-state index in [1.54, 1.807) is 24.3 Å². The van der Waals surface area contributed by atoms with Crippen LogP contribution in [0.1, 0.15) is 37.3 Å². The van der Waals surface area contributed by atoms with Gasteiger partial charge in [0.2, 0.25) is 11.0 Å². The van der Waals surface area contributed by atoms with E-state index in [0.717, 1.165) is 10.5 Å². The van der Waals surface area contributed by atoms with E-state index in [-0.39, 0.29) is 6.61 Å². The van der Waals surface area contributed by atoms with Crippen molar-refractivity contribution in [3.05, 3.63) is 59.7 Å². The van der Waals surface area contributed by atoms with Crippen molar-refractivity contribution in [2.24, 2.45) is 0 Å². The Balaban J connectivity index is 1.28. The summed E-state index contributed by atoms with van der Waals surface area (Å²) in [6.07, 6.45) is 0.294. The normalized spacial score (nSPS) is 19.2. The summed E-state index contributed by atoms with van der Waals surface area (Å²) >= 11 is 1.23. The third kappa shape index (κ3) is 3.79. The second-order valence-electron chi connectivity index (χ2n) is 8.56. The SMILES string of the molecule is CC(C)c1ccc(-c2nnc(NC(=O)CN3C(=O)N[C@]4(CCOc5ccccc54)C3=O)s2)cc1. The second kappa shape index (κ2) is 8.53. The van der Waals surface area contributed by atoms with Gasteiger partial charge in [-0.05, 0) is 17.5 Å². The van der Waals surface area contributed by atoms with E-state index in [1.807, 2.05) is 24.3 Å². The third-order valence-electron chi connectivity index (χ3n) is 6.05. The molecule has 2 aliphatic rings. The minimum atomic E-state index is -1.22. The van der Waals surface area contributed by atoms with Crippen molar-refractivity contribution in [3.63, 3.8) is 0 Å². The number of imide groups is 1. The van der Waals surface area contributed by atoms with E-state index >= 15 is 0 Å². The van der Waals surface area contributed by atoms with Crippen molar-refractivity contribution in [1.82, 2.24) is 20.4 Å². The van der Waals surface area contributed by atoms with Crippen molar-refractivity contribution in [1.29, 1.82) is 0 Å². The minimum absolute atomic E-state index is 0.286. The average molecular weight is 478 g/mol. The first kappa shape index (κ1) is 22.0. The Morgan fingerprint density at radius 3 is 2.71 bits per heavy atom. The fourth-order valence-electron chi connectivity index (χ4n) is 4.22. The highest BCUT2D eigenvalue weighted by atomic mass is 32.1. The van der Waals surface area contributed by atoms with Gasteiger partial charge in [0.05, 0.1) is 6.61 Å². The lowest BCUT2D eigenvalue weighted by molar-refractivity contribution is -0.135. The van der Waals surface area contributed by atoms with Crippen LogP contribution in [-0.4, -0.2) is 46.1 Å². The lowest BCUT2D eigenvalue weighted by Gasteiger charge is -2.33. The van der Waals surface area contributed by atoms with Crippen LogP contribution < -0.4 is 15.4 Å². The van der Waals surface area contributed by atoms with Crippen molar-refractivity contribution >= 4 is 34.3 Å². The highest BCUT2D eigenvalue weighted by molar-refractivity contribution is 7.18. The van der Waals surface area contributed by atoms with Gasteiger partial charge in [0.15, 0.2) is 5.54 Å². The van der Waals surface area contributed by atoms with Gasteiger partial charge in [-0.2, -0.15) is 0 Å². The smallest absolute Gasteiger partial charge is 0.325 e. The number of urea groups is 1. The number of aromatic nitrogens is 2. The standard InChI is InChI=1S/C24H23N5O4S/c1-14(2)15-7-9-16(10-8-15)20-27-28-22(34-20)25-19(30)13-29-21(31)24(26-23(29)32)11-12-33-18-6-4-3-5-17(18)24/h3-10,14H,11-13H2,1-2H3,(H,26,32)(H,25,28,30)/t24-/m0/s1. The van der Waals surface area contributed by atoms with Crippen LogP contribution in [0.5, 0.6) is 5.75 Å². The predicted molar refractivity (Wildman–Crippen MR) is 127 cm³/mol. The molecule has 2 N–H and O–H groups in total. The number of carbonyl (C=O) groups is 3. The molecule has 5 rings (SSSR count). The van der Waals surface area contributed by atoms with E-state index < -0.39 is 29.9 Å². The van der Waals surface area contributed by atoms with Gasteiger partial charge in [-0.1, -0.05) is 67.6 Å². The molecule has 2 aromatic carbocycles. The zero-order valence-electron chi connectivity index (χ0n) is 18.7. The lowest BCUT2D eigenvalue weighted by Crippen LogP contribution is -2.48. The van der Waals surface area contributed by atoms with E-state index in [2.05, 4.69) is 34.7 Å². The Morgan fingerprint density at radius 2 is 1.94 bits per heavy atom. The number of hydrogen-bond acceptors (Lipinski definition) is 7. The molecule has 1 fully saturated rings. The van der Waals surface area contributed by atoms with Crippen molar-refractivity contribution in [2.45, 2.75) is 31.7 Å². The van der Waals surface area contributed by atoms with Crippen LogP contribution in [0.4, 0.5) is 9.93 Å². The topological polar surface area (TPSA) is 114 Å². The van der Waals surface area contributed by atoms with Gasteiger partial charge in [0.25, 0.3) is 5.91 Å². The van der Waals surface area contributed by atoms with Crippen LogP contribution >= 0.6 is 11.3 Å². The van der Waals surface area contributed by atoms with E-state index in [0.29, 0.717) is 33.8 Å². The number of para-hydroxylation sites is 1. The van der Waals surface area contributed by atoms with Crippen LogP contribution in [0.3, 0.4) is 0 Å². The molecular weight excluding hydrogens is 454 g/mol. The monoisotopic (exact) mass is 477 g/mol. The van der Waals surface area contributed by atoms with Crippen LogP contribution in [0.2, 0.25) is 0 Å². The van der Waals surface area contributed by atoms with Crippen LogP contribution in [-0.2, 0) is 15.1 Å². The molecule has 3 heterocycles. The quantitative estimate of drug-likeness (QED) is 0.544. The van der Waals surface area contributed by atoms with Crippen LogP contribution in [0.25, 0.3) is 10.6 Å². The molecule has 10 heteroatoms. The summed E-state index contributed by atoms with van der Waals surface area (Å²) in [5, 5.41) is 14.6. The number of hydrogen-bond donors (Lipinski definition) is 2. The number of fused-ring (bicyclic) bond motifs is 2. The van der Waals surface area contributed by atoms with E-state index in [9.17, 15) is 14.4 Å². The second-order valence-corrected chi connectivity index (χ2v) is 9.54. The first-order valence-corrected chi connectivity index (χ1v) is 11.8. The van der Waals surface area contributed by atoms with Crippen molar-refractivity contribution < 1.29 is 19.1 Å². The van der Waals surface area contributed by atoms with Gasteiger partial charge < -0.3 is 10.1 Å². The highest BCUT2D eigenvalue weighted by Crippen LogP contribution is 2.41. The Morgan fingerprint density at radius 1 is 1.18 bits per heavy atom. The summed E-state index contributed by atoms with van der Waals surface area (Å²) in [6.45, 7) is 4.12. The molecule has 1 aromatic heterocycles. The molecule has 1 spiro atoms. The predicted octanol–water partition coefficient (Wildman–Crippen LogP) is 3.50. The molecule has 4 amide bonds. The molecule has 3 aromatic rings. The zero-order chi connectivity index (χ0) is 23.9. The number of nitrogens with one attached hydrogen (secondary N) is 2. The number of carbonyl (C=O) groups excluding carboxylic acids is 3. The molecule has 34 heavy (non-hydrogen) atoms. The summed E-state index contributed by atoms with van der Waals surface area (Å²) in [7, 11) is 0. The number of ether oxygens (including phenoxy) is 1. The maximum atomic E-state index is 13.3. The van der Waals surface area contributed by atoms with Crippen molar-refractivity contribution in [3.8, 4) is 16.3 Å².